The Labute approximate surface area is 232 Å². The highest BCUT2D eigenvalue weighted by atomic mass is 16.7. The Hall–Kier alpha value is -3.15. The van der Waals surface area contributed by atoms with Gasteiger partial charge in [-0.15, -0.1) is 0 Å². The predicted octanol–water partition coefficient (Wildman–Crippen LogP) is 3.29. The molecule has 0 radical (unpaired) electrons. The van der Waals surface area contributed by atoms with Crippen LogP contribution in [0.5, 0.6) is 17.2 Å². The van der Waals surface area contributed by atoms with Gasteiger partial charge in [0.2, 0.25) is 6.29 Å². The zero-order valence-electron chi connectivity index (χ0n) is 22.6. The van der Waals surface area contributed by atoms with Crippen LogP contribution in [-0.2, 0) is 11.3 Å². The number of fused-ring (bicyclic) bond motifs is 1. The van der Waals surface area contributed by atoms with Crippen LogP contribution in [0.1, 0.15) is 51.0 Å². The summed E-state index contributed by atoms with van der Waals surface area (Å²) >= 11 is 0. The molecule has 10 heteroatoms. The average molecular weight is 559 g/mol. The van der Waals surface area contributed by atoms with Crippen molar-refractivity contribution in [1.82, 2.24) is 0 Å². The van der Waals surface area contributed by atoms with Crippen molar-refractivity contribution in [1.29, 1.82) is 0 Å². The van der Waals surface area contributed by atoms with Crippen LogP contribution < -0.4 is 19.8 Å². The molecule has 218 valence electrons. The molecule has 1 saturated heterocycles. The largest absolute Gasteiger partial charge is 0.493 e. The molecule has 10 nitrogen and oxygen atoms in total. The standard InChI is InChI=1S/C30H38O10/c1-2-3-4-5-6-10-15-36-20-13-14-21-22(16-20)38-29(35)28(27(21)37-18-19-11-8-7-9-12-19)40-30-26(34)25(33)24(32)23(17-31)39-30/h7-9,11-14,16,23-26,30-34H,2-6,10,15,17-18H2,1H3/t23-,24+,25+,26-,30+/m1/s1. The van der Waals surface area contributed by atoms with Gasteiger partial charge in [0.05, 0.1) is 18.6 Å². The summed E-state index contributed by atoms with van der Waals surface area (Å²) in [4.78, 5) is 13.1. The lowest BCUT2D eigenvalue weighted by Crippen LogP contribution is -2.60. The van der Waals surface area contributed by atoms with E-state index in [1.165, 1.54) is 25.7 Å². The van der Waals surface area contributed by atoms with E-state index in [0.29, 0.717) is 17.7 Å². The van der Waals surface area contributed by atoms with Crippen LogP contribution in [0.15, 0.2) is 57.7 Å². The summed E-state index contributed by atoms with van der Waals surface area (Å²) in [7, 11) is 0. The number of unbranched alkanes of at least 4 members (excludes halogenated alkanes) is 5. The molecule has 0 bridgehead atoms. The van der Waals surface area contributed by atoms with Gasteiger partial charge in [-0.05, 0) is 24.1 Å². The van der Waals surface area contributed by atoms with E-state index in [1.54, 1.807) is 18.2 Å². The number of aliphatic hydroxyl groups excluding tert-OH is 4. The van der Waals surface area contributed by atoms with E-state index < -0.39 is 42.9 Å². The Morgan fingerprint density at radius 3 is 2.35 bits per heavy atom. The molecule has 1 aliphatic rings. The first kappa shape index (κ1) is 29.8. The molecule has 0 amide bonds. The van der Waals surface area contributed by atoms with Crippen molar-refractivity contribution in [2.24, 2.45) is 0 Å². The first-order chi connectivity index (χ1) is 19.4. The third-order valence-electron chi connectivity index (χ3n) is 6.87. The Morgan fingerprint density at radius 2 is 1.60 bits per heavy atom. The normalized spacial score (nSPS) is 22.8. The average Bonchev–Trinajstić information content (AvgIpc) is 2.97. The fourth-order valence-corrected chi connectivity index (χ4v) is 4.55. The van der Waals surface area contributed by atoms with Gasteiger partial charge >= 0.3 is 5.63 Å². The molecular formula is C30H38O10. The van der Waals surface area contributed by atoms with Gasteiger partial charge < -0.3 is 43.8 Å². The molecule has 4 N–H and O–H groups in total. The van der Waals surface area contributed by atoms with E-state index in [1.807, 2.05) is 30.3 Å². The van der Waals surface area contributed by atoms with Gasteiger partial charge in [0.1, 0.15) is 42.4 Å². The van der Waals surface area contributed by atoms with Gasteiger partial charge in [-0.2, -0.15) is 0 Å². The van der Waals surface area contributed by atoms with Crippen molar-refractivity contribution in [3.63, 3.8) is 0 Å². The molecule has 1 aliphatic heterocycles. The minimum atomic E-state index is -1.72. The zero-order valence-corrected chi connectivity index (χ0v) is 22.6. The van der Waals surface area contributed by atoms with Crippen LogP contribution in [-0.4, -0.2) is 64.3 Å². The highest BCUT2D eigenvalue weighted by molar-refractivity contribution is 5.86. The predicted molar refractivity (Wildman–Crippen MR) is 147 cm³/mol. The smallest absolute Gasteiger partial charge is 0.383 e. The van der Waals surface area contributed by atoms with Crippen LogP contribution in [0.2, 0.25) is 0 Å². The first-order valence-electron chi connectivity index (χ1n) is 13.8. The maximum Gasteiger partial charge on any atom is 0.383 e. The summed E-state index contributed by atoms with van der Waals surface area (Å²) in [6.45, 7) is 2.18. The molecule has 5 atom stereocenters. The van der Waals surface area contributed by atoms with E-state index >= 15 is 0 Å². The summed E-state index contributed by atoms with van der Waals surface area (Å²) in [5.74, 6) is 0.212. The summed E-state index contributed by atoms with van der Waals surface area (Å²) in [5, 5.41) is 40.6. The van der Waals surface area contributed by atoms with Gasteiger partial charge in [-0.25, -0.2) is 4.79 Å². The van der Waals surface area contributed by atoms with Crippen LogP contribution in [0.25, 0.3) is 11.0 Å². The molecule has 40 heavy (non-hydrogen) atoms. The van der Waals surface area contributed by atoms with Crippen molar-refractivity contribution in [2.75, 3.05) is 13.2 Å². The summed E-state index contributed by atoms with van der Waals surface area (Å²) in [6.07, 6.45) is -0.938. The number of benzene rings is 2. The maximum atomic E-state index is 13.1. The van der Waals surface area contributed by atoms with Crippen molar-refractivity contribution in [3.05, 3.63) is 64.5 Å². The second-order valence-electron chi connectivity index (χ2n) is 9.91. The Bertz CT molecular complexity index is 1260. The topological polar surface area (TPSA) is 148 Å². The molecule has 2 heterocycles. The second kappa shape index (κ2) is 14.5. The zero-order chi connectivity index (χ0) is 28.5. The van der Waals surface area contributed by atoms with E-state index in [-0.39, 0.29) is 23.7 Å². The molecule has 0 aliphatic carbocycles. The Balaban J connectivity index is 1.58. The summed E-state index contributed by atoms with van der Waals surface area (Å²) in [5.41, 5.74) is 0.150. The number of rotatable bonds is 14. The lowest BCUT2D eigenvalue weighted by molar-refractivity contribution is -0.278. The highest BCUT2D eigenvalue weighted by Crippen LogP contribution is 2.37. The number of ether oxygens (including phenoxy) is 4. The quantitative estimate of drug-likeness (QED) is 0.172. The van der Waals surface area contributed by atoms with Crippen LogP contribution in [0.3, 0.4) is 0 Å². The van der Waals surface area contributed by atoms with E-state index in [2.05, 4.69) is 6.92 Å². The third kappa shape index (κ3) is 7.32. The molecule has 4 rings (SSSR count). The second-order valence-corrected chi connectivity index (χ2v) is 9.91. The Kier molecular flexibility index (Phi) is 10.8. The first-order valence-corrected chi connectivity index (χ1v) is 13.8. The Morgan fingerprint density at radius 1 is 0.850 bits per heavy atom. The molecule has 1 fully saturated rings. The third-order valence-corrected chi connectivity index (χ3v) is 6.87. The summed E-state index contributed by atoms with van der Waals surface area (Å²) < 4.78 is 28.6. The lowest BCUT2D eigenvalue weighted by atomic mass is 9.99. The van der Waals surface area contributed by atoms with E-state index in [9.17, 15) is 25.2 Å². The monoisotopic (exact) mass is 558 g/mol. The molecule has 0 unspecified atom stereocenters. The molecule has 3 aromatic rings. The van der Waals surface area contributed by atoms with Crippen LogP contribution in [0.4, 0.5) is 0 Å². The number of hydrogen-bond acceptors (Lipinski definition) is 10. The van der Waals surface area contributed by atoms with Gasteiger partial charge in [-0.3, -0.25) is 0 Å². The number of aliphatic hydroxyl groups is 4. The van der Waals surface area contributed by atoms with Crippen molar-refractivity contribution < 1.29 is 43.8 Å². The van der Waals surface area contributed by atoms with Crippen LogP contribution in [0, 0.1) is 0 Å². The summed E-state index contributed by atoms with van der Waals surface area (Å²) in [6, 6.07) is 14.3. The maximum absolute atomic E-state index is 13.1. The van der Waals surface area contributed by atoms with E-state index in [4.69, 9.17) is 23.4 Å². The van der Waals surface area contributed by atoms with Gasteiger partial charge in [0, 0.05) is 6.07 Å². The van der Waals surface area contributed by atoms with Crippen LogP contribution >= 0.6 is 0 Å². The minimum absolute atomic E-state index is 0.0505. The number of hydrogen-bond donors (Lipinski definition) is 4. The molecular weight excluding hydrogens is 520 g/mol. The van der Waals surface area contributed by atoms with Gasteiger partial charge in [0.25, 0.3) is 5.75 Å². The van der Waals surface area contributed by atoms with Crippen molar-refractivity contribution >= 4 is 11.0 Å². The molecule has 0 saturated carbocycles. The van der Waals surface area contributed by atoms with E-state index in [0.717, 1.165) is 18.4 Å². The molecule has 2 aromatic carbocycles. The van der Waals surface area contributed by atoms with Gasteiger partial charge in [-0.1, -0.05) is 69.4 Å². The minimum Gasteiger partial charge on any atom is -0.493 e. The van der Waals surface area contributed by atoms with Crippen molar-refractivity contribution in [2.45, 2.75) is 82.8 Å². The van der Waals surface area contributed by atoms with Gasteiger partial charge in [0.15, 0.2) is 5.75 Å². The fraction of sp³-hybridized carbons (Fsp3) is 0.500. The molecule has 0 spiro atoms. The highest BCUT2D eigenvalue weighted by Gasteiger charge is 2.45. The lowest BCUT2D eigenvalue weighted by Gasteiger charge is -2.39. The fourth-order valence-electron chi connectivity index (χ4n) is 4.55. The molecule has 1 aromatic heterocycles. The van der Waals surface area contributed by atoms with Crippen molar-refractivity contribution in [3.8, 4) is 17.2 Å². The SMILES string of the molecule is CCCCCCCCOc1ccc2c(OCc3ccccc3)c(O[C@@H]3O[C@H](CO)[C@H](O)[C@H](O)[C@H]3O)c(=O)oc2c1.